The Morgan fingerprint density at radius 3 is 2.52 bits per heavy atom. The second-order valence-corrected chi connectivity index (χ2v) is 6.01. The van der Waals surface area contributed by atoms with Crippen molar-refractivity contribution in [3.8, 4) is 0 Å². The third-order valence-corrected chi connectivity index (χ3v) is 4.14. The average Bonchev–Trinajstić information content (AvgIpc) is 2.65. The summed E-state index contributed by atoms with van der Waals surface area (Å²) in [5.74, 6) is -0.367. The number of nitrogen functional groups attached to an aromatic ring is 1. The van der Waals surface area contributed by atoms with Gasteiger partial charge in [0.1, 0.15) is 0 Å². The summed E-state index contributed by atoms with van der Waals surface area (Å²) in [6.45, 7) is 2.66. The summed E-state index contributed by atoms with van der Waals surface area (Å²) in [6.07, 6.45) is -0.146. The van der Waals surface area contributed by atoms with Crippen LogP contribution in [0.1, 0.15) is 36.5 Å². The molecule has 0 radical (unpaired) electrons. The van der Waals surface area contributed by atoms with Crippen molar-refractivity contribution in [3.63, 3.8) is 0 Å². The Morgan fingerprint density at radius 1 is 1.33 bits per heavy atom. The molecule has 1 heterocycles. The predicted octanol–water partition coefficient (Wildman–Crippen LogP) is 0.992. The first-order valence-electron chi connectivity index (χ1n) is 6.83. The van der Waals surface area contributed by atoms with E-state index in [1.165, 1.54) is 18.6 Å². The minimum Gasteiger partial charge on any atom is -0.398 e. The van der Waals surface area contributed by atoms with Gasteiger partial charge in [0, 0.05) is 12.2 Å². The molecule has 0 atom stereocenters. The van der Waals surface area contributed by atoms with E-state index in [9.17, 15) is 13.6 Å². The fraction of sp³-hybridized carbons (Fsp3) is 0.500. The van der Waals surface area contributed by atoms with Gasteiger partial charge in [0.05, 0.1) is 16.3 Å². The van der Waals surface area contributed by atoms with E-state index in [1.807, 2.05) is 0 Å². The minimum absolute atomic E-state index is 0.00536. The Labute approximate surface area is 120 Å². The van der Waals surface area contributed by atoms with Crippen LogP contribution in [0.3, 0.4) is 0 Å². The first-order valence-corrected chi connectivity index (χ1v) is 6.83. The lowest BCUT2D eigenvalue weighted by atomic mass is 9.70. The highest BCUT2D eigenvalue weighted by Crippen LogP contribution is 2.39. The van der Waals surface area contributed by atoms with Gasteiger partial charge in [0.2, 0.25) is 0 Å². The number of halogens is 2. The lowest BCUT2D eigenvalue weighted by Crippen LogP contribution is -2.40. The molecule has 5 nitrogen and oxygen atoms in total. The first-order chi connectivity index (χ1) is 9.78. The smallest absolute Gasteiger partial charge is 0.398 e. The van der Waals surface area contributed by atoms with Crippen molar-refractivity contribution in [2.24, 2.45) is 15.4 Å². The normalized spacial score (nSPS) is 20.7. The van der Waals surface area contributed by atoms with Crippen molar-refractivity contribution in [3.05, 3.63) is 28.4 Å². The molecular weight excluding hydrogens is 278 g/mol. The molecule has 1 aliphatic carbocycles. The first kappa shape index (κ1) is 13.9. The van der Waals surface area contributed by atoms with Crippen molar-refractivity contribution in [2.75, 3.05) is 12.3 Å². The van der Waals surface area contributed by atoms with Gasteiger partial charge in [0.15, 0.2) is 0 Å². The summed E-state index contributed by atoms with van der Waals surface area (Å²) in [5.41, 5.74) is 6.18. The van der Waals surface area contributed by atoms with Crippen LogP contribution in [-0.4, -0.2) is 18.6 Å². The molecule has 7 heteroatoms. The third-order valence-electron chi connectivity index (χ3n) is 4.14. The fourth-order valence-corrected chi connectivity index (χ4v) is 2.63. The highest BCUT2D eigenvalue weighted by Gasteiger charge is 2.33. The van der Waals surface area contributed by atoms with Gasteiger partial charge in [-0.2, -0.15) is 18.8 Å². The molecule has 2 aliphatic rings. The molecule has 0 aromatic heterocycles. The van der Waals surface area contributed by atoms with Gasteiger partial charge in [-0.05, 0) is 30.4 Å². The Kier molecular flexibility index (Phi) is 2.96. The second-order valence-electron chi connectivity index (χ2n) is 6.01. The molecule has 0 saturated heterocycles. The zero-order valence-electron chi connectivity index (χ0n) is 11.6. The van der Waals surface area contributed by atoms with E-state index in [-0.39, 0.29) is 33.3 Å². The molecule has 1 fully saturated rings. The molecule has 1 aromatic rings. The Bertz CT molecular complexity index is 725. The van der Waals surface area contributed by atoms with Crippen LogP contribution in [0.5, 0.6) is 0 Å². The predicted molar refractivity (Wildman–Crippen MR) is 72.4 cm³/mol. The lowest BCUT2D eigenvalue weighted by Gasteiger charge is -2.38. The molecule has 0 spiro atoms. The van der Waals surface area contributed by atoms with Crippen LogP contribution in [0, 0.1) is 5.41 Å². The number of nitrogens with two attached hydrogens (primary N) is 1. The van der Waals surface area contributed by atoms with Gasteiger partial charge < -0.3 is 11.1 Å². The molecule has 21 heavy (non-hydrogen) atoms. The maximum atomic E-state index is 13.1. The van der Waals surface area contributed by atoms with Gasteiger partial charge in [-0.1, -0.05) is 13.3 Å². The van der Waals surface area contributed by atoms with E-state index in [0.717, 1.165) is 12.8 Å². The number of hydrogen-bond acceptors (Lipinski definition) is 4. The summed E-state index contributed by atoms with van der Waals surface area (Å²) in [5, 5.41) is 2.82. The summed E-state index contributed by atoms with van der Waals surface area (Å²) < 4.78 is 26.2. The van der Waals surface area contributed by atoms with Crippen LogP contribution in [-0.2, 0) is 0 Å². The Hall–Kier alpha value is -2.05. The molecular formula is C14H16F2N4O. The van der Waals surface area contributed by atoms with Crippen LogP contribution >= 0.6 is 0 Å². The maximum Gasteiger partial charge on any atom is 0.450 e. The van der Waals surface area contributed by atoms with Gasteiger partial charge >= 0.3 is 6.17 Å². The number of anilines is 1. The number of nitrogens with one attached hydrogen (secondary N) is 1. The SMILES string of the molecule is CC1(CNC(=O)c2cc3c(cc2N)=NC(F)(F)N=3)CCC1. The van der Waals surface area contributed by atoms with E-state index in [2.05, 4.69) is 22.2 Å². The minimum atomic E-state index is -3.47. The Morgan fingerprint density at radius 2 is 1.95 bits per heavy atom. The number of nitrogens with zero attached hydrogens (tertiary/aromatic N) is 2. The maximum absolute atomic E-state index is 13.1. The molecule has 1 aliphatic heterocycles. The molecule has 112 valence electrons. The summed E-state index contributed by atoms with van der Waals surface area (Å²) >= 11 is 0. The number of hydrogen-bond donors (Lipinski definition) is 2. The van der Waals surface area contributed by atoms with E-state index < -0.39 is 6.17 Å². The van der Waals surface area contributed by atoms with Crippen molar-refractivity contribution in [1.29, 1.82) is 0 Å². The molecule has 1 amide bonds. The molecule has 0 unspecified atom stereocenters. The molecule has 1 aromatic carbocycles. The van der Waals surface area contributed by atoms with Gasteiger partial charge in [0.25, 0.3) is 5.91 Å². The van der Waals surface area contributed by atoms with Crippen LogP contribution < -0.4 is 21.8 Å². The van der Waals surface area contributed by atoms with Gasteiger partial charge in [-0.25, -0.2) is 0 Å². The van der Waals surface area contributed by atoms with E-state index in [4.69, 9.17) is 5.73 Å². The molecule has 1 saturated carbocycles. The zero-order valence-corrected chi connectivity index (χ0v) is 11.6. The highest BCUT2D eigenvalue weighted by molar-refractivity contribution is 5.99. The van der Waals surface area contributed by atoms with Crippen molar-refractivity contribution in [2.45, 2.75) is 32.4 Å². The quantitative estimate of drug-likeness (QED) is 0.644. The number of carbonyl (C=O) groups is 1. The largest absolute Gasteiger partial charge is 0.450 e. The van der Waals surface area contributed by atoms with Crippen LogP contribution in [0.2, 0.25) is 0 Å². The topological polar surface area (TPSA) is 79.8 Å². The fourth-order valence-electron chi connectivity index (χ4n) is 2.63. The monoisotopic (exact) mass is 294 g/mol. The number of amides is 1. The number of benzene rings is 1. The number of alkyl halides is 2. The average molecular weight is 294 g/mol. The second kappa shape index (κ2) is 4.47. The number of carbonyl (C=O) groups excluding carboxylic acids is 1. The molecule has 0 bridgehead atoms. The van der Waals surface area contributed by atoms with Crippen LogP contribution in [0.4, 0.5) is 14.5 Å². The summed E-state index contributed by atoms with van der Waals surface area (Å²) in [7, 11) is 0. The summed E-state index contributed by atoms with van der Waals surface area (Å²) in [4.78, 5) is 18.5. The van der Waals surface area contributed by atoms with Gasteiger partial charge in [-0.3, -0.25) is 4.79 Å². The van der Waals surface area contributed by atoms with E-state index >= 15 is 0 Å². The van der Waals surface area contributed by atoms with Crippen LogP contribution in [0.15, 0.2) is 22.1 Å². The third kappa shape index (κ3) is 2.59. The zero-order chi connectivity index (χ0) is 15.3. The van der Waals surface area contributed by atoms with Crippen molar-refractivity contribution < 1.29 is 13.6 Å². The summed E-state index contributed by atoms with van der Waals surface area (Å²) in [6, 6.07) is 2.53. The van der Waals surface area contributed by atoms with Crippen molar-refractivity contribution in [1.82, 2.24) is 5.32 Å². The standard InChI is InChI=1S/C14H16F2N4O/c1-13(3-2-4-13)7-18-12(21)8-5-10-11(6-9(8)17)20-14(15,16)19-10/h5-6H,2-4,7,17H2,1H3,(H,18,21). The Balaban J connectivity index is 1.84. The molecule has 3 N–H and O–H groups in total. The van der Waals surface area contributed by atoms with Crippen molar-refractivity contribution >= 4 is 11.6 Å². The number of rotatable bonds is 3. The van der Waals surface area contributed by atoms with Gasteiger partial charge in [-0.15, -0.1) is 0 Å². The number of fused-ring (bicyclic) bond motifs is 1. The van der Waals surface area contributed by atoms with E-state index in [0.29, 0.717) is 6.54 Å². The molecule has 3 rings (SSSR count). The van der Waals surface area contributed by atoms with E-state index in [1.54, 1.807) is 0 Å². The van der Waals surface area contributed by atoms with Crippen LogP contribution in [0.25, 0.3) is 0 Å². The lowest BCUT2D eigenvalue weighted by molar-refractivity contribution is 0.0194. The highest BCUT2D eigenvalue weighted by atomic mass is 19.3.